The number of benzene rings is 1. The second-order valence-electron chi connectivity index (χ2n) is 4.98. The highest BCUT2D eigenvalue weighted by atomic mass is 16.6. The van der Waals surface area contributed by atoms with Gasteiger partial charge >= 0.3 is 0 Å². The maximum Gasteiger partial charge on any atom is 0.292 e. The van der Waals surface area contributed by atoms with Crippen molar-refractivity contribution < 1.29 is 4.92 Å². The molecule has 106 valence electrons. The van der Waals surface area contributed by atoms with Crippen LogP contribution in [0.3, 0.4) is 0 Å². The molecule has 0 aliphatic heterocycles. The van der Waals surface area contributed by atoms with Crippen LogP contribution in [-0.2, 0) is 6.54 Å². The molecule has 6 nitrogen and oxygen atoms in total. The molecule has 0 amide bonds. The number of rotatable bonds is 4. The van der Waals surface area contributed by atoms with Gasteiger partial charge in [-0.05, 0) is 44.9 Å². The maximum absolute atomic E-state index is 11.1. The van der Waals surface area contributed by atoms with Gasteiger partial charge in [0.15, 0.2) is 0 Å². The third-order valence-electron chi connectivity index (χ3n) is 3.55. The molecule has 0 saturated carbocycles. The number of nitro benzene ring substituents is 1. The number of H-pyrrole nitrogens is 1. The van der Waals surface area contributed by atoms with E-state index in [2.05, 4.69) is 15.5 Å². The smallest absolute Gasteiger partial charge is 0.292 e. The van der Waals surface area contributed by atoms with Crippen molar-refractivity contribution >= 4 is 11.4 Å². The van der Waals surface area contributed by atoms with Crippen molar-refractivity contribution in [2.45, 2.75) is 34.2 Å². The average Bonchev–Trinajstić information content (AvgIpc) is 2.70. The summed E-state index contributed by atoms with van der Waals surface area (Å²) in [6.07, 6.45) is 0. The Morgan fingerprint density at radius 3 is 2.45 bits per heavy atom. The fourth-order valence-corrected chi connectivity index (χ4v) is 2.11. The van der Waals surface area contributed by atoms with E-state index >= 15 is 0 Å². The topological polar surface area (TPSA) is 83.8 Å². The van der Waals surface area contributed by atoms with Crippen LogP contribution in [0, 0.1) is 37.8 Å². The van der Waals surface area contributed by atoms with Gasteiger partial charge < -0.3 is 5.32 Å². The van der Waals surface area contributed by atoms with E-state index < -0.39 is 0 Å². The van der Waals surface area contributed by atoms with Gasteiger partial charge in [-0.2, -0.15) is 5.10 Å². The standard InChI is InChI=1S/C14H18N4O2/c1-8-5-13(14(18(19)20)6-9(8)2)15-7-12-10(3)16-17-11(12)4/h5-6,15H,7H2,1-4H3,(H,16,17). The predicted octanol–water partition coefficient (Wildman–Crippen LogP) is 3.16. The molecule has 0 aliphatic carbocycles. The fourth-order valence-electron chi connectivity index (χ4n) is 2.11. The molecule has 0 aliphatic rings. The first kappa shape index (κ1) is 14.0. The number of nitrogens with one attached hydrogen (secondary N) is 2. The van der Waals surface area contributed by atoms with E-state index in [-0.39, 0.29) is 10.6 Å². The zero-order valence-corrected chi connectivity index (χ0v) is 12.1. The number of hydrogen-bond acceptors (Lipinski definition) is 4. The Morgan fingerprint density at radius 1 is 1.25 bits per heavy atom. The lowest BCUT2D eigenvalue weighted by Crippen LogP contribution is -2.05. The fraction of sp³-hybridized carbons (Fsp3) is 0.357. The summed E-state index contributed by atoms with van der Waals surface area (Å²) in [7, 11) is 0. The van der Waals surface area contributed by atoms with Crippen LogP contribution in [-0.4, -0.2) is 15.1 Å². The molecule has 2 N–H and O–H groups in total. The van der Waals surface area contributed by atoms with E-state index in [1.165, 1.54) is 0 Å². The van der Waals surface area contributed by atoms with Crippen LogP contribution in [0.4, 0.5) is 11.4 Å². The number of nitrogens with zero attached hydrogens (tertiary/aromatic N) is 2. The average molecular weight is 274 g/mol. The highest BCUT2D eigenvalue weighted by Crippen LogP contribution is 2.28. The SMILES string of the molecule is Cc1cc(NCc2c(C)n[nH]c2C)c([N+](=O)[O-])cc1C. The van der Waals surface area contributed by atoms with Gasteiger partial charge in [-0.25, -0.2) is 0 Å². The molecular formula is C14H18N4O2. The first-order chi connectivity index (χ1) is 9.40. The molecule has 1 aromatic carbocycles. The Morgan fingerprint density at radius 2 is 1.90 bits per heavy atom. The summed E-state index contributed by atoms with van der Waals surface area (Å²) >= 11 is 0. The summed E-state index contributed by atoms with van der Waals surface area (Å²) in [5.74, 6) is 0. The molecule has 6 heteroatoms. The summed E-state index contributed by atoms with van der Waals surface area (Å²) < 4.78 is 0. The van der Waals surface area contributed by atoms with Crippen molar-refractivity contribution in [2.24, 2.45) is 0 Å². The highest BCUT2D eigenvalue weighted by Gasteiger charge is 2.16. The quantitative estimate of drug-likeness (QED) is 0.662. The van der Waals surface area contributed by atoms with Crippen LogP contribution in [0.15, 0.2) is 12.1 Å². The zero-order valence-electron chi connectivity index (χ0n) is 12.1. The number of nitro groups is 1. The zero-order chi connectivity index (χ0) is 14.9. The molecule has 0 radical (unpaired) electrons. The van der Waals surface area contributed by atoms with Crippen molar-refractivity contribution in [1.82, 2.24) is 10.2 Å². The molecule has 0 bridgehead atoms. The molecule has 0 unspecified atom stereocenters. The second kappa shape index (κ2) is 5.32. The summed E-state index contributed by atoms with van der Waals surface area (Å²) in [5.41, 5.74) is 5.50. The van der Waals surface area contributed by atoms with Crippen molar-refractivity contribution in [3.63, 3.8) is 0 Å². The molecule has 1 heterocycles. The largest absolute Gasteiger partial charge is 0.375 e. The Bertz CT molecular complexity index is 642. The Labute approximate surface area is 117 Å². The molecule has 20 heavy (non-hydrogen) atoms. The van der Waals surface area contributed by atoms with E-state index in [1.54, 1.807) is 6.07 Å². The van der Waals surface area contributed by atoms with Gasteiger partial charge in [0.05, 0.1) is 10.6 Å². The summed E-state index contributed by atoms with van der Waals surface area (Å²) in [5, 5.41) is 21.3. The Kier molecular flexibility index (Phi) is 3.74. The van der Waals surface area contributed by atoms with Crippen LogP contribution >= 0.6 is 0 Å². The first-order valence-electron chi connectivity index (χ1n) is 6.40. The molecule has 0 fully saturated rings. The number of aryl methyl sites for hydroxylation is 4. The number of aromatic nitrogens is 2. The van der Waals surface area contributed by atoms with Crippen molar-refractivity contribution in [1.29, 1.82) is 0 Å². The van der Waals surface area contributed by atoms with E-state index in [0.29, 0.717) is 12.2 Å². The lowest BCUT2D eigenvalue weighted by Gasteiger charge is -2.10. The maximum atomic E-state index is 11.1. The third-order valence-corrected chi connectivity index (χ3v) is 3.55. The van der Waals surface area contributed by atoms with Gasteiger partial charge in [-0.3, -0.25) is 15.2 Å². The first-order valence-corrected chi connectivity index (χ1v) is 6.40. The molecule has 0 spiro atoms. The van der Waals surface area contributed by atoms with Crippen molar-refractivity contribution in [2.75, 3.05) is 5.32 Å². The van der Waals surface area contributed by atoms with Crippen LogP contribution in [0.25, 0.3) is 0 Å². The van der Waals surface area contributed by atoms with E-state index in [0.717, 1.165) is 28.1 Å². The van der Waals surface area contributed by atoms with Gasteiger partial charge in [0.2, 0.25) is 0 Å². The molecule has 0 atom stereocenters. The number of hydrogen-bond donors (Lipinski definition) is 2. The van der Waals surface area contributed by atoms with Gasteiger partial charge in [-0.1, -0.05) is 0 Å². The molecular weight excluding hydrogens is 256 g/mol. The predicted molar refractivity (Wildman–Crippen MR) is 78.0 cm³/mol. The summed E-state index contributed by atoms with van der Waals surface area (Å²) in [4.78, 5) is 10.8. The summed E-state index contributed by atoms with van der Waals surface area (Å²) in [6, 6.07) is 3.42. The lowest BCUT2D eigenvalue weighted by atomic mass is 10.1. The second-order valence-corrected chi connectivity index (χ2v) is 4.98. The Balaban J connectivity index is 2.29. The third kappa shape index (κ3) is 2.64. The molecule has 2 rings (SSSR count). The van der Waals surface area contributed by atoms with E-state index in [1.807, 2.05) is 33.8 Å². The highest BCUT2D eigenvalue weighted by molar-refractivity contribution is 5.64. The van der Waals surface area contributed by atoms with Gasteiger partial charge in [0.25, 0.3) is 5.69 Å². The van der Waals surface area contributed by atoms with Gasteiger partial charge in [0.1, 0.15) is 5.69 Å². The molecule has 2 aromatic rings. The number of anilines is 1. The van der Waals surface area contributed by atoms with Gasteiger partial charge in [0, 0.05) is 23.9 Å². The van der Waals surface area contributed by atoms with Gasteiger partial charge in [-0.15, -0.1) is 0 Å². The minimum atomic E-state index is -0.357. The molecule has 1 aromatic heterocycles. The lowest BCUT2D eigenvalue weighted by molar-refractivity contribution is -0.384. The molecule has 0 saturated heterocycles. The van der Waals surface area contributed by atoms with Crippen LogP contribution < -0.4 is 5.32 Å². The minimum Gasteiger partial charge on any atom is -0.375 e. The normalized spacial score (nSPS) is 10.6. The van der Waals surface area contributed by atoms with Crippen LogP contribution in [0.2, 0.25) is 0 Å². The monoisotopic (exact) mass is 274 g/mol. The van der Waals surface area contributed by atoms with E-state index in [9.17, 15) is 10.1 Å². The van der Waals surface area contributed by atoms with Crippen molar-refractivity contribution in [3.05, 3.63) is 50.3 Å². The summed E-state index contributed by atoms with van der Waals surface area (Å²) in [6.45, 7) is 8.17. The van der Waals surface area contributed by atoms with E-state index in [4.69, 9.17) is 0 Å². The number of aromatic amines is 1. The van der Waals surface area contributed by atoms with Crippen LogP contribution in [0.1, 0.15) is 28.1 Å². The van der Waals surface area contributed by atoms with Crippen molar-refractivity contribution in [3.8, 4) is 0 Å². The minimum absolute atomic E-state index is 0.104. The van der Waals surface area contributed by atoms with Crippen LogP contribution in [0.5, 0.6) is 0 Å². The Hall–Kier alpha value is -2.37.